The zero-order chi connectivity index (χ0) is 9.84. The Balaban J connectivity index is 3.12. The quantitative estimate of drug-likeness (QED) is 0.700. The molecule has 0 aliphatic rings. The van der Waals surface area contributed by atoms with Gasteiger partial charge in [0, 0.05) is 5.69 Å². The smallest absolute Gasteiger partial charge is 0.119 e. The lowest BCUT2D eigenvalue weighted by molar-refractivity contribution is 0.414. The second kappa shape index (κ2) is 3.81. The van der Waals surface area contributed by atoms with Gasteiger partial charge >= 0.3 is 0 Å². The van der Waals surface area contributed by atoms with Crippen molar-refractivity contribution in [2.75, 3.05) is 12.8 Å². The molecule has 3 nitrogen and oxygen atoms in total. The van der Waals surface area contributed by atoms with Gasteiger partial charge in [-0.2, -0.15) is 5.26 Å². The first kappa shape index (κ1) is 9.40. The van der Waals surface area contributed by atoms with E-state index in [4.69, 9.17) is 15.7 Å². The summed E-state index contributed by atoms with van der Waals surface area (Å²) in [5, 5.41) is 8.73. The van der Waals surface area contributed by atoms with Crippen LogP contribution in [0.1, 0.15) is 18.4 Å². The number of nitrogen functional groups attached to an aromatic ring is 1. The molecule has 0 radical (unpaired) electrons. The van der Waals surface area contributed by atoms with Crippen LogP contribution in [-0.4, -0.2) is 7.11 Å². The summed E-state index contributed by atoms with van der Waals surface area (Å²) in [6.45, 7) is 1.81. The van der Waals surface area contributed by atoms with Crippen molar-refractivity contribution in [3.63, 3.8) is 0 Å². The summed E-state index contributed by atoms with van der Waals surface area (Å²) in [6.07, 6.45) is 0. The first-order valence-electron chi connectivity index (χ1n) is 4.02. The van der Waals surface area contributed by atoms with E-state index in [0.717, 1.165) is 11.3 Å². The summed E-state index contributed by atoms with van der Waals surface area (Å²) < 4.78 is 5.04. The second-order valence-electron chi connectivity index (χ2n) is 2.85. The molecule has 0 aromatic heterocycles. The van der Waals surface area contributed by atoms with Gasteiger partial charge in [0.05, 0.1) is 19.1 Å². The van der Waals surface area contributed by atoms with Crippen LogP contribution in [0.4, 0.5) is 5.69 Å². The van der Waals surface area contributed by atoms with Crippen molar-refractivity contribution in [3.8, 4) is 11.8 Å². The van der Waals surface area contributed by atoms with Crippen LogP contribution in [0.15, 0.2) is 18.2 Å². The molecule has 3 heteroatoms. The highest BCUT2D eigenvalue weighted by Crippen LogP contribution is 2.25. The molecular formula is C10H12N2O. The molecule has 0 aliphatic carbocycles. The van der Waals surface area contributed by atoms with Gasteiger partial charge in [-0.05, 0) is 30.7 Å². The fraction of sp³-hybridized carbons (Fsp3) is 0.300. The highest BCUT2D eigenvalue weighted by atomic mass is 16.5. The van der Waals surface area contributed by atoms with Crippen LogP contribution in [0.25, 0.3) is 0 Å². The maximum atomic E-state index is 8.73. The lowest BCUT2D eigenvalue weighted by atomic mass is 10.0. The third kappa shape index (κ3) is 1.91. The van der Waals surface area contributed by atoms with Gasteiger partial charge in [-0.25, -0.2) is 0 Å². The molecule has 1 rings (SSSR count). The Morgan fingerprint density at radius 2 is 2.23 bits per heavy atom. The highest BCUT2D eigenvalue weighted by molar-refractivity contribution is 5.53. The zero-order valence-corrected chi connectivity index (χ0v) is 7.74. The number of nitrogens with two attached hydrogens (primary N) is 1. The predicted molar refractivity (Wildman–Crippen MR) is 51.4 cm³/mol. The first-order chi connectivity index (χ1) is 6.19. The minimum Gasteiger partial charge on any atom is -0.497 e. The Bertz CT molecular complexity index is 341. The van der Waals surface area contributed by atoms with E-state index in [-0.39, 0.29) is 5.92 Å². The van der Waals surface area contributed by atoms with Crippen LogP contribution >= 0.6 is 0 Å². The highest BCUT2D eigenvalue weighted by Gasteiger charge is 2.08. The fourth-order valence-corrected chi connectivity index (χ4v) is 1.12. The van der Waals surface area contributed by atoms with Crippen molar-refractivity contribution >= 4 is 5.69 Å². The van der Waals surface area contributed by atoms with Gasteiger partial charge in [0.2, 0.25) is 0 Å². The maximum Gasteiger partial charge on any atom is 0.119 e. The Morgan fingerprint density at radius 3 is 2.77 bits per heavy atom. The Morgan fingerprint density at radius 1 is 1.54 bits per heavy atom. The van der Waals surface area contributed by atoms with E-state index in [2.05, 4.69) is 6.07 Å². The van der Waals surface area contributed by atoms with Crippen LogP contribution in [0, 0.1) is 11.3 Å². The summed E-state index contributed by atoms with van der Waals surface area (Å²) >= 11 is 0. The summed E-state index contributed by atoms with van der Waals surface area (Å²) in [5.74, 6) is 0.529. The summed E-state index contributed by atoms with van der Waals surface area (Å²) in [6, 6.07) is 7.47. The number of hydrogen-bond acceptors (Lipinski definition) is 3. The van der Waals surface area contributed by atoms with E-state index in [1.54, 1.807) is 25.3 Å². The Labute approximate surface area is 77.7 Å². The molecular weight excluding hydrogens is 164 g/mol. The molecule has 0 saturated carbocycles. The van der Waals surface area contributed by atoms with Crippen molar-refractivity contribution in [1.29, 1.82) is 5.26 Å². The minimum absolute atomic E-state index is 0.199. The van der Waals surface area contributed by atoms with Crippen LogP contribution in [0.2, 0.25) is 0 Å². The van der Waals surface area contributed by atoms with E-state index in [1.807, 2.05) is 6.92 Å². The molecule has 1 aromatic rings. The molecule has 13 heavy (non-hydrogen) atoms. The van der Waals surface area contributed by atoms with Gasteiger partial charge in [0.15, 0.2) is 0 Å². The van der Waals surface area contributed by atoms with Gasteiger partial charge in [0.25, 0.3) is 0 Å². The van der Waals surface area contributed by atoms with Crippen LogP contribution in [-0.2, 0) is 0 Å². The first-order valence-corrected chi connectivity index (χ1v) is 4.02. The van der Waals surface area contributed by atoms with Crippen molar-refractivity contribution in [2.45, 2.75) is 12.8 Å². The normalized spacial score (nSPS) is 11.8. The monoisotopic (exact) mass is 176 g/mol. The number of nitrogens with zero attached hydrogens (tertiary/aromatic N) is 1. The molecule has 1 unspecified atom stereocenters. The third-order valence-electron chi connectivity index (χ3n) is 1.95. The fourth-order valence-electron chi connectivity index (χ4n) is 1.12. The van der Waals surface area contributed by atoms with E-state index in [0.29, 0.717) is 5.69 Å². The SMILES string of the molecule is COc1ccc(N)c(C(C)C#N)c1. The van der Waals surface area contributed by atoms with Crippen molar-refractivity contribution < 1.29 is 4.74 Å². The number of methoxy groups -OCH3 is 1. The standard InChI is InChI=1S/C10H12N2O/c1-7(6-11)9-5-8(13-2)3-4-10(9)12/h3-5,7H,12H2,1-2H3. The number of ether oxygens (including phenoxy) is 1. The zero-order valence-electron chi connectivity index (χ0n) is 7.74. The largest absolute Gasteiger partial charge is 0.497 e. The Hall–Kier alpha value is -1.69. The molecule has 0 heterocycles. The average Bonchev–Trinajstić information content (AvgIpc) is 2.17. The lowest BCUT2D eigenvalue weighted by Crippen LogP contribution is -1.98. The molecule has 0 amide bonds. The Kier molecular flexibility index (Phi) is 2.76. The van der Waals surface area contributed by atoms with Gasteiger partial charge in [-0.15, -0.1) is 0 Å². The molecule has 0 fully saturated rings. The topological polar surface area (TPSA) is 59.0 Å². The van der Waals surface area contributed by atoms with E-state index in [9.17, 15) is 0 Å². The number of hydrogen-bond donors (Lipinski definition) is 1. The van der Waals surface area contributed by atoms with Crippen LogP contribution < -0.4 is 10.5 Å². The van der Waals surface area contributed by atoms with Crippen LogP contribution in [0.5, 0.6) is 5.75 Å². The maximum absolute atomic E-state index is 8.73. The molecule has 1 atom stereocenters. The molecule has 0 spiro atoms. The second-order valence-corrected chi connectivity index (χ2v) is 2.85. The van der Waals surface area contributed by atoms with Gasteiger partial charge in [-0.1, -0.05) is 0 Å². The molecule has 1 aromatic carbocycles. The number of rotatable bonds is 2. The summed E-state index contributed by atoms with van der Waals surface area (Å²) in [7, 11) is 1.59. The van der Waals surface area contributed by atoms with Gasteiger partial charge in [-0.3, -0.25) is 0 Å². The average molecular weight is 176 g/mol. The number of anilines is 1. The molecule has 2 N–H and O–H groups in total. The minimum atomic E-state index is -0.199. The van der Waals surface area contributed by atoms with Crippen molar-refractivity contribution in [1.82, 2.24) is 0 Å². The number of nitriles is 1. The molecule has 68 valence electrons. The van der Waals surface area contributed by atoms with Crippen molar-refractivity contribution in [3.05, 3.63) is 23.8 Å². The summed E-state index contributed by atoms with van der Waals surface area (Å²) in [4.78, 5) is 0. The van der Waals surface area contributed by atoms with E-state index >= 15 is 0 Å². The third-order valence-corrected chi connectivity index (χ3v) is 1.95. The molecule has 0 bridgehead atoms. The summed E-state index contributed by atoms with van der Waals surface area (Å²) in [5.41, 5.74) is 7.17. The van der Waals surface area contributed by atoms with Gasteiger partial charge < -0.3 is 10.5 Å². The lowest BCUT2D eigenvalue weighted by Gasteiger charge is -2.08. The number of benzene rings is 1. The van der Waals surface area contributed by atoms with Gasteiger partial charge in [0.1, 0.15) is 5.75 Å². The molecule has 0 saturated heterocycles. The van der Waals surface area contributed by atoms with E-state index < -0.39 is 0 Å². The van der Waals surface area contributed by atoms with Crippen molar-refractivity contribution in [2.24, 2.45) is 0 Å². The van der Waals surface area contributed by atoms with E-state index in [1.165, 1.54) is 0 Å². The molecule has 0 aliphatic heterocycles. The van der Waals surface area contributed by atoms with Crippen LogP contribution in [0.3, 0.4) is 0 Å². The predicted octanol–water partition coefficient (Wildman–Crippen LogP) is 1.90.